The van der Waals surface area contributed by atoms with Crippen molar-refractivity contribution in [3.8, 4) is 0 Å². The molecule has 24 heavy (non-hydrogen) atoms. The van der Waals surface area contributed by atoms with Crippen LogP contribution in [0.2, 0.25) is 0 Å². The van der Waals surface area contributed by atoms with Crippen LogP contribution < -0.4 is 11.1 Å². The number of fused-ring (bicyclic) bond motifs is 1. The van der Waals surface area contributed by atoms with Gasteiger partial charge in [0, 0.05) is 6.54 Å². The molecule has 1 saturated heterocycles. The number of nitrogens with one attached hydrogen (secondary N) is 1. The molecular formula is C16H25N7S. The lowest BCUT2D eigenvalue weighted by Gasteiger charge is -2.19. The molecule has 0 spiro atoms. The number of aromatic nitrogens is 4. The van der Waals surface area contributed by atoms with Crippen molar-refractivity contribution in [2.24, 2.45) is 5.73 Å². The molecule has 3 rings (SSSR count). The monoisotopic (exact) mass is 347 g/mol. The second-order valence-corrected chi connectivity index (χ2v) is 6.79. The van der Waals surface area contributed by atoms with Crippen LogP contribution >= 0.6 is 12.2 Å². The Kier molecular flexibility index (Phi) is 5.57. The Balaban J connectivity index is 1.74. The summed E-state index contributed by atoms with van der Waals surface area (Å²) in [7, 11) is 0. The number of nitrogens with two attached hydrogens (primary N) is 1. The minimum Gasteiger partial charge on any atom is -0.376 e. The fourth-order valence-electron chi connectivity index (χ4n) is 3.30. The van der Waals surface area contributed by atoms with Crippen LogP contribution in [0.1, 0.15) is 44.3 Å². The van der Waals surface area contributed by atoms with E-state index in [4.69, 9.17) is 18.0 Å². The fraction of sp³-hybridized carbons (Fsp3) is 0.625. The van der Waals surface area contributed by atoms with Gasteiger partial charge in [0.25, 0.3) is 0 Å². The van der Waals surface area contributed by atoms with Crippen molar-refractivity contribution in [1.29, 1.82) is 0 Å². The van der Waals surface area contributed by atoms with E-state index in [2.05, 4.69) is 25.3 Å². The normalized spacial score (nSPS) is 17.5. The van der Waals surface area contributed by atoms with Crippen LogP contribution in [-0.4, -0.2) is 49.4 Å². The van der Waals surface area contributed by atoms with Gasteiger partial charge in [-0.05, 0) is 45.1 Å². The van der Waals surface area contributed by atoms with Crippen LogP contribution in [0.3, 0.4) is 0 Å². The van der Waals surface area contributed by atoms with Gasteiger partial charge < -0.3 is 16.0 Å². The molecule has 0 radical (unpaired) electrons. The summed E-state index contributed by atoms with van der Waals surface area (Å²) in [5.74, 6) is 0. The Morgan fingerprint density at radius 2 is 2.00 bits per heavy atom. The third-order valence-corrected chi connectivity index (χ3v) is 4.68. The molecule has 3 heterocycles. The molecule has 8 heteroatoms. The molecule has 1 aliphatic rings. The van der Waals surface area contributed by atoms with Crippen LogP contribution in [0.25, 0.3) is 11.0 Å². The third-order valence-electron chi connectivity index (χ3n) is 4.56. The zero-order valence-corrected chi connectivity index (χ0v) is 14.9. The minimum absolute atomic E-state index is 0.0729. The average Bonchev–Trinajstić information content (AvgIpc) is 2.79. The van der Waals surface area contributed by atoms with E-state index in [1.165, 1.54) is 38.8 Å². The lowest BCUT2D eigenvalue weighted by molar-refractivity contribution is 0.270. The van der Waals surface area contributed by atoms with E-state index in [9.17, 15) is 0 Å². The highest BCUT2D eigenvalue weighted by molar-refractivity contribution is 7.80. The quantitative estimate of drug-likeness (QED) is 0.795. The molecule has 0 bridgehead atoms. The topological polar surface area (TPSA) is 84.9 Å². The highest BCUT2D eigenvalue weighted by Gasteiger charge is 2.16. The van der Waals surface area contributed by atoms with Crippen molar-refractivity contribution < 1.29 is 0 Å². The van der Waals surface area contributed by atoms with Crippen LogP contribution in [-0.2, 0) is 6.54 Å². The number of thiocarbonyl (C=S) groups is 1. The summed E-state index contributed by atoms with van der Waals surface area (Å²) in [6.45, 7) is 6.21. The van der Waals surface area contributed by atoms with E-state index in [0.717, 1.165) is 29.8 Å². The Hall–Kier alpha value is -1.80. The van der Waals surface area contributed by atoms with E-state index in [1.54, 1.807) is 6.33 Å². The van der Waals surface area contributed by atoms with Gasteiger partial charge in [-0.3, -0.25) is 0 Å². The van der Waals surface area contributed by atoms with Crippen LogP contribution in [0, 0.1) is 0 Å². The first kappa shape index (κ1) is 17.0. The third kappa shape index (κ3) is 3.99. The van der Waals surface area contributed by atoms with E-state index in [0.29, 0.717) is 0 Å². The van der Waals surface area contributed by atoms with E-state index >= 15 is 0 Å². The molecule has 0 aliphatic carbocycles. The first-order valence-corrected chi connectivity index (χ1v) is 9.00. The zero-order chi connectivity index (χ0) is 16.9. The Bertz CT molecular complexity index is 691. The first-order chi connectivity index (χ1) is 11.6. The van der Waals surface area contributed by atoms with Gasteiger partial charge in [-0.1, -0.05) is 12.8 Å². The summed E-state index contributed by atoms with van der Waals surface area (Å²) < 4.78 is 1.97. The standard InChI is InChI=1S/C16H25N7S/c1-12(21-16(17)24)14-13-10-20-23(15(13)19-11-18-14)9-8-22-6-4-2-3-5-7-22/h10-12H,2-9H2,1H3,(H3,17,21,24). The molecule has 0 amide bonds. The molecule has 1 atom stereocenters. The van der Waals surface area contributed by atoms with Gasteiger partial charge in [0.2, 0.25) is 0 Å². The number of hydrogen-bond acceptors (Lipinski definition) is 5. The maximum Gasteiger partial charge on any atom is 0.164 e. The summed E-state index contributed by atoms with van der Waals surface area (Å²) in [6, 6.07) is -0.0729. The Labute approximate surface area is 147 Å². The highest BCUT2D eigenvalue weighted by atomic mass is 32.1. The summed E-state index contributed by atoms with van der Waals surface area (Å²) in [5.41, 5.74) is 7.31. The van der Waals surface area contributed by atoms with Gasteiger partial charge >= 0.3 is 0 Å². The average molecular weight is 347 g/mol. The van der Waals surface area contributed by atoms with Crippen molar-refractivity contribution in [2.45, 2.75) is 45.2 Å². The minimum atomic E-state index is -0.0729. The van der Waals surface area contributed by atoms with Crippen molar-refractivity contribution in [1.82, 2.24) is 30.0 Å². The van der Waals surface area contributed by atoms with Gasteiger partial charge in [-0.15, -0.1) is 0 Å². The van der Waals surface area contributed by atoms with Crippen LogP contribution in [0.5, 0.6) is 0 Å². The van der Waals surface area contributed by atoms with Gasteiger partial charge in [0.05, 0.1) is 29.9 Å². The van der Waals surface area contributed by atoms with E-state index in [-0.39, 0.29) is 11.2 Å². The molecule has 3 N–H and O–H groups in total. The zero-order valence-electron chi connectivity index (χ0n) is 14.1. The summed E-state index contributed by atoms with van der Waals surface area (Å²) in [5, 5.41) is 8.76. The molecule has 0 aromatic carbocycles. The fourth-order valence-corrected chi connectivity index (χ4v) is 3.47. The first-order valence-electron chi connectivity index (χ1n) is 8.60. The molecule has 0 saturated carbocycles. The second-order valence-electron chi connectivity index (χ2n) is 6.35. The van der Waals surface area contributed by atoms with Crippen LogP contribution in [0.4, 0.5) is 0 Å². The molecule has 1 unspecified atom stereocenters. The summed E-state index contributed by atoms with van der Waals surface area (Å²) >= 11 is 4.92. The molecule has 1 aliphatic heterocycles. The molecule has 2 aromatic heterocycles. The predicted octanol–water partition coefficient (Wildman–Crippen LogP) is 1.60. The Morgan fingerprint density at radius 1 is 1.25 bits per heavy atom. The number of likely N-dealkylation sites (tertiary alicyclic amines) is 1. The largest absolute Gasteiger partial charge is 0.376 e. The Morgan fingerprint density at radius 3 is 2.71 bits per heavy atom. The molecule has 1 fully saturated rings. The smallest absolute Gasteiger partial charge is 0.164 e. The lowest BCUT2D eigenvalue weighted by Crippen LogP contribution is -2.32. The van der Waals surface area contributed by atoms with Crippen molar-refractivity contribution in [3.05, 3.63) is 18.2 Å². The summed E-state index contributed by atoms with van der Waals surface area (Å²) in [4.78, 5) is 11.3. The maximum atomic E-state index is 5.57. The number of rotatable bonds is 5. The van der Waals surface area contributed by atoms with Gasteiger partial charge in [0.1, 0.15) is 6.33 Å². The molecule has 7 nitrogen and oxygen atoms in total. The molecule has 2 aromatic rings. The van der Waals surface area contributed by atoms with Gasteiger partial charge in [-0.2, -0.15) is 5.10 Å². The van der Waals surface area contributed by atoms with E-state index in [1.807, 2.05) is 17.8 Å². The number of nitrogens with zero attached hydrogens (tertiary/aromatic N) is 5. The van der Waals surface area contributed by atoms with Crippen molar-refractivity contribution >= 4 is 28.4 Å². The highest BCUT2D eigenvalue weighted by Crippen LogP contribution is 2.20. The van der Waals surface area contributed by atoms with Crippen LogP contribution in [0.15, 0.2) is 12.5 Å². The van der Waals surface area contributed by atoms with Gasteiger partial charge in [0.15, 0.2) is 10.8 Å². The molecule has 130 valence electrons. The lowest BCUT2D eigenvalue weighted by atomic mass is 10.2. The second kappa shape index (κ2) is 7.85. The maximum absolute atomic E-state index is 5.57. The number of hydrogen-bond donors (Lipinski definition) is 2. The van der Waals surface area contributed by atoms with Crippen molar-refractivity contribution in [2.75, 3.05) is 19.6 Å². The SMILES string of the molecule is CC(NC(N)=S)c1ncnc2c1cnn2CCN1CCCCCC1. The summed E-state index contributed by atoms with van der Waals surface area (Å²) in [6.07, 6.45) is 8.73. The predicted molar refractivity (Wildman–Crippen MR) is 98.6 cm³/mol. The van der Waals surface area contributed by atoms with Crippen molar-refractivity contribution in [3.63, 3.8) is 0 Å². The van der Waals surface area contributed by atoms with Gasteiger partial charge in [-0.25, -0.2) is 14.6 Å². The van der Waals surface area contributed by atoms with E-state index < -0.39 is 0 Å². The molecular weight excluding hydrogens is 322 g/mol.